The molecule has 0 spiro atoms. The highest BCUT2D eigenvalue weighted by Crippen LogP contribution is 2.16. The number of carbonyl (C=O) groups excluding carboxylic acids is 2. The highest BCUT2D eigenvalue weighted by atomic mass is 35.5. The summed E-state index contributed by atoms with van der Waals surface area (Å²) >= 11 is 5.86. The van der Waals surface area contributed by atoms with Crippen molar-refractivity contribution in [3.63, 3.8) is 0 Å². The third kappa shape index (κ3) is 5.11. The van der Waals surface area contributed by atoms with Crippen molar-refractivity contribution >= 4 is 29.1 Å². The van der Waals surface area contributed by atoms with Crippen molar-refractivity contribution in [3.8, 4) is 5.75 Å². The first-order valence-electron chi connectivity index (χ1n) is 8.63. The van der Waals surface area contributed by atoms with Gasteiger partial charge in [-0.05, 0) is 60.2 Å². The molecule has 0 aliphatic heterocycles. The monoisotopic (exact) mass is 394 g/mol. The molecular weight excluding hydrogens is 376 g/mol. The number of benzene rings is 3. The van der Waals surface area contributed by atoms with Gasteiger partial charge in [0.25, 0.3) is 11.8 Å². The van der Waals surface area contributed by atoms with Gasteiger partial charge in [-0.2, -0.15) is 0 Å². The van der Waals surface area contributed by atoms with Crippen molar-refractivity contribution in [1.29, 1.82) is 0 Å². The number of carbonyl (C=O) groups is 2. The summed E-state index contributed by atoms with van der Waals surface area (Å²) in [7, 11) is 1.58. The number of halogens is 1. The van der Waals surface area contributed by atoms with Crippen molar-refractivity contribution < 1.29 is 14.3 Å². The van der Waals surface area contributed by atoms with E-state index >= 15 is 0 Å². The zero-order chi connectivity index (χ0) is 19.9. The first kappa shape index (κ1) is 19.5. The number of hydrogen-bond donors (Lipinski definition) is 2. The smallest absolute Gasteiger partial charge is 0.255 e. The van der Waals surface area contributed by atoms with E-state index in [2.05, 4.69) is 10.6 Å². The molecule has 0 aliphatic rings. The highest BCUT2D eigenvalue weighted by Gasteiger charge is 2.11. The molecule has 3 rings (SSSR count). The van der Waals surface area contributed by atoms with E-state index in [0.29, 0.717) is 34.1 Å². The molecule has 6 heteroatoms. The van der Waals surface area contributed by atoms with E-state index in [9.17, 15) is 9.59 Å². The van der Waals surface area contributed by atoms with Crippen LogP contribution in [0.5, 0.6) is 5.75 Å². The Morgan fingerprint density at radius 3 is 2.18 bits per heavy atom. The van der Waals surface area contributed by atoms with Crippen LogP contribution in [0.2, 0.25) is 5.02 Å². The lowest BCUT2D eigenvalue weighted by atomic mass is 10.1. The number of nitrogens with one attached hydrogen (secondary N) is 2. The number of hydrogen-bond acceptors (Lipinski definition) is 3. The topological polar surface area (TPSA) is 67.4 Å². The second-order valence-electron chi connectivity index (χ2n) is 6.07. The van der Waals surface area contributed by atoms with Crippen LogP contribution in [0.15, 0.2) is 72.8 Å². The number of anilines is 1. The fourth-order valence-corrected chi connectivity index (χ4v) is 2.69. The Kier molecular flexibility index (Phi) is 6.29. The van der Waals surface area contributed by atoms with Gasteiger partial charge in [-0.1, -0.05) is 29.8 Å². The SMILES string of the molecule is COc1ccc(NC(=O)c2cccc(C(=O)NCc3ccc(Cl)cc3)c2)cc1. The zero-order valence-electron chi connectivity index (χ0n) is 15.2. The van der Waals surface area contributed by atoms with Crippen LogP contribution in [0.1, 0.15) is 26.3 Å². The van der Waals surface area contributed by atoms with Crippen molar-refractivity contribution in [2.45, 2.75) is 6.54 Å². The predicted octanol–water partition coefficient (Wildman–Crippen LogP) is 4.53. The maximum atomic E-state index is 12.5. The van der Waals surface area contributed by atoms with Crippen LogP contribution in [-0.2, 0) is 6.54 Å². The van der Waals surface area contributed by atoms with E-state index in [4.69, 9.17) is 16.3 Å². The third-order valence-corrected chi connectivity index (χ3v) is 4.35. The summed E-state index contributed by atoms with van der Waals surface area (Å²) in [6, 6.07) is 20.8. The average Bonchev–Trinajstić information content (AvgIpc) is 2.73. The molecule has 3 aromatic carbocycles. The molecule has 142 valence electrons. The molecule has 0 aromatic heterocycles. The molecule has 5 nitrogen and oxygen atoms in total. The minimum absolute atomic E-state index is 0.256. The lowest BCUT2D eigenvalue weighted by Crippen LogP contribution is -2.23. The van der Waals surface area contributed by atoms with E-state index < -0.39 is 0 Å². The molecule has 0 unspecified atom stereocenters. The number of methoxy groups -OCH3 is 1. The molecule has 0 radical (unpaired) electrons. The second kappa shape index (κ2) is 9.06. The molecule has 0 aliphatic carbocycles. The highest BCUT2D eigenvalue weighted by molar-refractivity contribution is 6.30. The Labute approximate surface area is 168 Å². The van der Waals surface area contributed by atoms with Gasteiger partial charge in [-0.25, -0.2) is 0 Å². The fourth-order valence-electron chi connectivity index (χ4n) is 2.57. The Morgan fingerprint density at radius 2 is 1.54 bits per heavy atom. The van der Waals surface area contributed by atoms with Gasteiger partial charge >= 0.3 is 0 Å². The van der Waals surface area contributed by atoms with Gasteiger partial charge in [-0.15, -0.1) is 0 Å². The largest absolute Gasteiger partial charge is 0.497 e. The summed E-state index contributed by atoms with van der Waals surface area (Å²) < 4.78 is 5.10. The Morgan fingerprint density at radius 1 is 0.893 bits per heavy atom. The van der Waals surface area contributed by atoms with Crippen LogP contribution in [0.4, 0.5) is 5.69 Å². The molecule has 2 amide bonds. The molecule has 2 N–H and O–H groups in total. The van der Waals surface area contributed by atoms with Crippen LogP contribution in [0.25, 0.3) is 0 Å². The van der Waals surface area contributed by atoms with Gasteiger partial charge in [0.05, 0.1) is 7.11 Å². The van der Waals surface area contributed by atoms with E-state index in [1.165, 1.54) is 0 Å². The van der Waals surface area contributed by atoms with Crippen LogP contribution in [0.3, 0.4) is 0 Å². The van der Waals surface area contributed by atoms with Crippen LogP contribution < -0.4 is 15.4 Å². The van der Waals surface area contributed by atoms with E-state index in [1.54, 1.807) is 67.8 Å². The first-order chi connectivity index (χ1) is 13.5. The molecule has 0 bridgehead atoms. The lowest BCUT2D eigenvalue weighted by Gasteiger charge is -2.09. The summed E-state index contributed by atoms with van der Waals surface area (Å²) in [5.41, 5.74) is 2.39. The predicted molar refractivity (Wildman–Crippen MR) is 110 cm³/mol. The third-order valence-electron chi connectivity index (χ3n) is 4.10. The molecule has 0 atom stereocenters. The van der Waals surface area contributed by atoms with Crippen LogP contribution in [0, 0.1) is 0 Å². The van der Waals surface area contributed by atoms with Crippen LogP contribution in [-0.4, -0.2) is 18.9 Å². The molecule has 0 saturated heterocycles. The fraction of sp³-hybridized carbons (Fsp3) is 0.0909. The van der Waals surface area contributed by atoms with Gasteiger partial charge in [0.1, 0.15) is 5.75 Å². The summed E-state index contributed by atoms with van der Waals surface area (Å²) in [5.74, 6) is 0.156. The van der Waals surface area contributed by atoms with E-state index in [1.807, 2.05) is 12.1 Å². The molecular formula is C22H19ClN2O3. The normalized spacial score (nSPS) is 10.2. The maximum absolute atomic E-state index is 12.5. The standard InChI is InChI=1S/C22H19ClN2O3/c1-28-20-11-9-19(10-12-20)25-22(27)17-4-2-3-16(13-17)21(26)24-14-15-5-7-18(23)8-6-15/h2-13H,14H2,1H3,(H,24,26)(H,25,27). The molecule has 0 saturated carbocycles. The number of rotatable bonds is 6. The Bertz CT molecular complexity index is 970. The van der Waals surface area contributed by atoms with Crippen molar-refractivity contribution in [1.82, 2.24) is 5.32 Å². The van der Waals surface area contributed by atoms with Gasteiger partial charge in [0, 0.05) is 28.4 Å². The van der Waals surface area contributed by atoms with Crippen molar-refractivity contribution in [2.75, 3.05) is 12.4 Å². The first-order valence-corrected chi connectivity index (χ1v) is 9.01. The summed E-state index contributed by atoms with van der Waals surface area (Å²) in [4.78, 5) is 24.9. The minimum Gasteiger partial charge on any atom is -0.497 e. The number of ether oxygens (including phenoxy) is 1. The summed E-state index contributed by atoms with van der Waals surface area (Å²) in [6.07, 6.45) is 0. The molecule has 0 fully saturated rings. The van der Waals surface area contributed by atoms with E-state index in [0.717, 1.165) is 5.56 Å². The summed E-state index contributed by atoms with van der Waals surface area (Å²) in [5, 5.41) is 6.28. The van der Waals surface area contributed by atoms with Gasteiger partial charge < -0.3 is 15.4 Å². The molecule has 0 heterocycles. The zero-order valence-corrected chi connectivity index (χ0v) is 16.0. The second-order valence-corrected chi connectivity index (χ2v) is 6.51. The number of amides is 2. The van der Waals surface area contributed by atoms with Gasteiger partial charge in [-0.3, -0.25) is 9.59 Å². The Balaban J connectivity index is 1.64. The summed E-state index contributed by atoms with van der Waals surface area (Å²) in [6.45, 7) is 0.373. The Hall–Kier alpha value is -3.31. The molecule has 28 heavy (non-hydrogen) atoms. The minimum atomic E-state index is -0.294. The van der Waals surface area contributed by atoms with Crippen LogP contribution >= 0.6 is 11.6 Å². The van der Waals surface area contributed by atoms with Gasteiger partial charge in [0.15, 0.2) is 0 Å². The quantitative estimate of drug-likeness (QED) is 0.645. The maximum Gasteiger partial charge on any atom is 0.255 e. The van der Waals surface area contributed by atoms with Gasteiger partial charge in [0.2, 0.25) is 0 Å². The molecule has 3 aromatic rings. The lowest BCUT2D eigenvalue weighted by molar-refractivity contribution is 0.0951. The van der Waals surface area contributed by atoms with E-state index in [-0.39, 0.29) is 11.8 Å². The van der Waals surface area contributed by atoms with Crippen molar-refractivity contribution in [3.05, 3.63) is 94.5 Å². The average molecular weight is 395 g/mol. The van der Waals surface area contributed by atoms with Crippen molar-refractivity contribution in [2.24, 2.45) is 0 Å².